The highest BCUT2D eigenvalue weighted by Gasteiger charge is 2.28. The first-order valence-corrected chi connectivity index (χ1v) is 18.8. The number of aromatic nitrogens is 3. The summed E-state index contributed by atoms with van der Waals surface area (Å²) in [6.45, 7) is 20.5. The van der Waals surface area contributed by atoms with E-state index in [-0.39, 0.29) is 11.8 Å². The standard InChI is InChI=1S/C43H52N6O2/c1-5-6-13-37-36-17-16-33(43(50)44-28-41-45-38-14-9-10-15-39(38)46-41)27-40(36)49-29-34(26-30(2)11-7-8-12-31(3)42(37)49)32(4)47-20-18-35(19-21-47)48-22-24-51-25-23-48/h7-12,14-17,26-27,30,35H,3-6,13,18-25,28-29H2,1-2H3,(H,44,50)(H,45,46)/b11-7-,12-8-,34-26+. The largest absolute Gasteiger partial charge is 0.379 e. The van der Waals surface area contributed by atoms with Crippen LogP contribution >= 0.6 is 0 Å². The second-order valence-electron chi connectivity index (χ2n) is 14.3. The summed E-state index contributed by atoms with van der Waals surface area (Å²) >= 11 is 0. The Kier molecular flexibility index (Phi) is 10.7. The Labute approximate surface area is 302 Å². The molecule has 0 spiro atoms. The van der Waals surface area contributed by atoms with Crippen LogP contribution in [0.2, 0.25) is 0 Å². The highest BCUT2D eigenvalue weighted by Crippen LogP contribution is 2.36. The van der Waals surface area contributed by atoms with Gasteiger partial charge in [0.15, 0.2) is 0 Å². The zero-order valence-electron chi connectivity index (χ0n) is 30.3. The molecule has 0 aliphatic carbocycles. The number of piperidine rings is 1. The summed E-state index contributed by atoms with van der Waals surface area (Å²) in [6.07, 6.45) is 16.4. The Hall–Kier alpha value is -4.66. The van der Waals surface area contributed by atoms with Gasteiger partial charge in [-0.15, -0.1) is 0 Å². The van der Waals surface area contributed by atoms with Crippen LogP contribution in [0.25, 0.3) is 27.5 Å². The number of nitrogens with zero attached hydrogens (tertiary/aromatic N) is 4. The van der Waals surface area contributed by atoms with Crippen molar-refractivity contribution in [1.29, 1.82) is 0 Å². The van der Waals surface area contributed by atoms with Crippen LogP contribution in [-0.2, 0) is 24.2 Å². The van der Waals surface area contributed by atoms with Crippen molar-refractivity contribution < 1.29 is 9.53 Å². The average Bonchev–Trinajstić information content (AvgIpc) is 3.71. The minimum absolute atomic E-state index is 0.125. The Morgan fingerprint density at radius 2 is 1.88 bits per heavy atom. The number of unbranched alkanes of at least 4 members (excludes halogenated alkanes) is 1. The van der Waals surface area contributed by atoms with Crippen molar-refractivity contribution in [2.24, 2.45) is 5.92 Å². The summed E-state index contributed by atoms with van der Waals surface area (Å²) in [5.41, 5.74) is 9.25. The Balaban J connectivity index is 1.21. The number of hydrogen-bond acceptors (Lipinski definition) is 5. The minimum atomic E-state index is -0.125. The second-order valence-corrected chi connectivity index (χ2v) is 14.3. The van der Waals surface area contributed by atoms with E-state index in [0.717, 1.165) is 111 Å². The Morgan fingerprint density at radius 3 is 2.67 bits per heavy atom. The van der Waals surface area contributed by atoms with E-state index in [2.05, 4.69) is 92.6 Å². The number of aromatic amines is 1. The van der Waals surface area contributed by atoms with E-state index in [1.807, 2.05) is 30.3 Å². The number of carbonyl (C=O) groups is 1. The Bertz CT molecular complexity index is 1960. The number of imidazole rings is 1. The van der Waals surface area contributed by atoms with Gasteiger partial charge in [-0.1, -0.05) is 82.0 Å². The molecule has 2 fully saturated rings. The van der Waals surface area contributed by atoms with Gasteiger partial charge in [0, 0.05) is 60.9 Å². The summed E-state index contributed by atoms with van der Waals surface area (Å²) in [5, 5.41) is 4.28. The van der Waals surface area contributed by atoms with Gasteiger partial charge >= 0.3 is 0 Å². The molecular formula is C43H52N6O2. The molecule has 1 amide bonds. The fourth-order valence-corrected chi connectivity index (χ4v) is 7.98. The van der Waals surface area contributed by atoms with Gasteiger partial charge in [0.1, 0.15) is 5.82 Å². The number of ether oxygens (including phenoxy) is 1. The van der Waals surface area contributed by atoms with Crippen LogP contribution in [0.1, 0.15) is 67.0 Å². The van der Waals surface area contributed by atoms with Crippen molar-refractivity contribution in [3.05, 3.63) is 120 Å². The van der Waals surface area contributed by atoms with Crippen molar-refractivity contribution in [3.8, 4) is 0 Å². The highest BCUT2D eigenvalue weighted by atomic mass is 16.5. The van der Waals surface area contributed by atoms with Crippen LogP contribution in [0.15, 0.2) is 97.3 Å². The number of benzene rings is 2. The summed E-state index contributed by atoms with van der Waals surface area (Å²) in [6, 6.07) is 14.7. The van der Waals surface area contributed by atoms with Crippen molar-refractivity contribution in [1.82, 2.24) is 29.7 Å². The van der Waals surface area contributed by atoms with Crippen LogP contribution in [-0.4, -0.2) is 75.7 Å². The number of nitrogens with one attached hydrogen (secondary N) is 2. The molecule has 0 saturated carbocycles. The third-order valence-corrected chi connectivity index (χ3v) is 10.8. The molecule has 1 unspecified atom stereocenters. The maximum atomic E-state index is 13.7. The molecule has 2 N–H and O–H groups in total. The van der Waals surface area contributed by atoms with E-state index in [4.69, 9.17) is 11.3 Å². The predicted octanol–water partition coefficient (Wildman–Crippen LogP) is 7.80. The number of fused-ring (bicyclic) bond motifs is 4. The van der Waals surface area contributed by atoms with Gasteiger partial charge in [0.25, 0.3) is 5.91 Å². The van der Waals surface area contributed by atoms with E-state index in [9.17, 15) is 4.79 Å². The van der Waals surface area contributed by atoms with E-state index < -0.39 is 0 Å². The number of carbonyl (C=O) groups excluding carboxylic acids is 1. The normalized spacial score (nSPS) is 21.5. The predicted molar refractivity (Wildman–Crippen MR) is 209 cm³/mol. The molecule has 8 heteroatoms. The topological polar surface area (TPSA) is 78.4 Å². The van der Waals surface area contributed by atoms with Crippen molar-refractivity contribution in [3.63, 3.8) is 0 Å². The lowest BCUT2D eigenvalue weighted by Gasteiger charge is -2.41. The van der Waals surface area contributed by atoms with Crippen LogP contribution in [0, 0.1) is 5.92 Å². The van der Waals surface area contributed by atoms with Crippen LogP contribution in [0.3, 0.4) is 0 Å². The lowest BCUT2D eigenvalue weighted by molar-refractivity contribution is 0.00358. The zero-order chi connectivity index (χ0) is 35.3. The number of likely N-dealkylation sites (tertiary alicyclic amines) is 1. The number of rotatable bonds is 9. The third-order valence-electron chi connectivity index (χ3n) is 10.8. The van der Waals surface area contributed by atoms with Gasteiger partial charge in [-0.3, -0.25) is 9.69 Å². The van der Waals surface area contributed by atoms with Crippen molar-refractivity contribution in [2.75, 3.05) is 39.4 Å². The average molecular weight is 685 g/mol. The smallest absolute Gasteiger partial charge is 0.251 e. The van der Waals surface area contributed by atoms with Crippen molar-refractivity contribution in [2.45, 2.75) is 65.1 Å². The fraction of sp³-hybridized carbons (Fsp3) is 0.395. The number of allylic oxidation sites excluding steroid dienone is 7. The van der Waals surface area contributed by atoms with Gasteiger partial charge in [0.05, 0.1) is 36.5 Å². The maximum Gasteiger partial charge on any atom is 0.251 e. The molecule has 3 aliphatic rings. The Morgan fingerprint density at radius 1 is 1.08 bits per heavy atom. The molecule has 2 aromatic carbocycles. The number of aryl methyl sites for hydroxylation is 1. The number of amides is 1. The molecule has 3 aliphatic heterocycles. The van der Waals surface area contributed by atoms with Crippen LogP contribution < -0.4 is 5.32 Å². The molecule has 4 aromatic rings. The van der Waals surface area contributed by atoms with Gasteiger partial charge in [-0.05, 0) is 72.6 Å². The van der Waals surface area contributed by atoms with E-state index >= 15 is 0 Å². The third kappa shape index (κ3) is 7.67. The first kappa shape index (κ1) is 34.8. The molecule has 2 aromatic heterocycles. The number of H-pyrrole nitrogens is 1. The maximum absolute atomic E-state index is 13.7. The SMILES string of the molecule is C=C1/C=C\C=C/C(C)/C=C(/C(=C)N2CCC(N3CCOCC3)CC2)Cn2c1c(CCCC)c1ccc(C(=O)NCc3nc4ccccc4[nH]3)cc12. The summed E-state index contributed by atoms with van der Waals surface area (Å²) in [7, 11) is 0. The summed E-state index contributed by atoms with van der Waals surface area (Å²) in [5.74, 6) is 0.833. The van der Waals surface area contributed by atoms with E-state index in [0.29, 0.717) is 24.7 Å². The molecule has 7 rings (SSSR count). The van der Waals surface area contributed by atoms with E-state index in [1.54, 1.807) is 0 Å². The molecule has 1 atom stereocenters. The molecule has 51 heavy (non-hydrogen) atoms. The minimum Gasteiger partial charge on any atom is -0.379 e. The molecule has 266 valence electrons. The van der Waals surface area contributed by atoms with Gasteiger partial charge in [-0.25, -0.2) is 4.98 Å². The van der Waals surface area contributed by atoms with Gasteiger partial charge < -0.3 is 24.5 Å². The monoisotopic (exact) mass is 684 g/mol. The number of morpholine rings is 1. The number of para-hydroxylation sites is 2. The van der Waals surface area contributed by atoms with Crippen LogP contribution in [0.4, 0.5) is 0 Å². The summed E-state index contributed by atoms with van der Waals surface area (Å²) in [4.78, 5) is 26.7. The molecule has 2 saturated heterocycles. The lowest BCUT2D eigenvalue weighted by Crippen LogP contribution is -2.48. The van der Waals surface area contributed by atoms with Gasteiger partial charge in [0.2, 0.25) is 0 Å². The first-order chi connectivity index (χ1) is 24.9. The van der Waals surface area contributed by atoms with E-state index in [1.165, 1.54) is 16.5 Å². The van der Waals surface area contributed by atoms with Gasteiger partial charge in [-0.2, -0.15) is 0 Å². The fourth-order valence-electron chi connectivity index (χ4n) is 7.98. The zero-order valence-corrected chi connectivity index (χ0v) is 30.3. The first-order valence-electron chi connectivity index (χ1n) is 18.8. The molecule has 0 bridgehead atoms. The molecule has 8 nitrogen and oxygen atoms in total. The quantitative estimate of drug-likeness (QED) is 0.188. The number of hydrogen-bond donors (Lipinski definition) is 2. The summed E-state index contributed by atoms with van der Waals surface area (Å²) < 4.78 is 8.02. The second kappa shape index (κ2) is 15.7. The highest BCUT2D eigenvalue weighted by molar-refractivity contribution is 6.00. The molecular weight excluding hydrogens is 633 g/mol. The van der Waals surface area contributed by atoms with Crippen LogP contribution in [0.5, 0.6) is 0 Å². The van der Waals surface area contributed by atoms with Crippen molar-refractivity contribution >= 4 is 33.4 Å². The molecule has 5 heterocycles. The lowest BCUT2D eigenvalue weighted by atomic mass is 9.99. The molecule has 0 radical (unpaired) electrons.